The van der Waals surface area contributed by atoms with Gasteiger partial charge in [0.25, 0.3) is 0 Å². The summed E-state index contributed by atoms with van der Waals surface area (Å²) < 4.78 is 12.6. The van der Waals surface area contributed by atoms with Crippen LogP contribution in [0.2, 0.25) is 0 Å². The molecule has 7 heteroatoms. The molecular weight excluding hydrogens is 344 g/mol. The molecular formula is C20H16N4O3. The summed E-state index contributed by atoms with van der Waals surface area (Å²) in [6, 6.07) is 16.4. The Morgan fingerprint density at radius 3 is 2.56 bits per heavy atom. The molecule has 0 amide bonds. The fraction of sp³-hybridized carbons (Fsp3) is 0.100. The monoisotopic (exact) mass is 360 g/mol. The number of nitrogens with zero attached hydrogens (tertiary/aromatic N) is 4. The number of carbonyl (C=O) groups excluding carboxylic acids is 1. The van der Waals surface area contributed by atoms with E-state index < -0.39 is 0 Å². The van der Waals surface area contributed by atoms with Crippen molar-refractivity contribution in [1.29, 1.82) is 0 Å². The van der Waals surface area contributed by atoms with Crippen LogP contribution in [0, 0.1) is 0 Å². The Kier molecular flexibility index (Phi) is 4.49. The van der Waals surface area contributed by atoms with Crippen molar-refractivity contribution >= 4 is 17.0 Å². The Bertz CT molecular complexity index is 1080. The maximum absolute atomic E-state index is 11.7. The summed E-state index contributed by atoms with van der Waals surface area (Å²) in [6.07, 6.45) is 3.11. The van der Waals surface area contributed by atoms with Gasteiger partial charge >= 0.3 is 5.97 Å². The lowest BCUT2D eigenvalue weighted by Crippen LogP contribution is -2.04. The topological polar surface area (TPSA) is 79.1 Å². The lowest BCUT2D eigenvalue weighted by atomic mass is 10.2. The highest BCUT2D eigenvalue weighted by Gasteiger charge is 2.13. The van der Waals surface area contributed by atoms with Crippen LogP contribution in [0.1, 0.15) is 17.3 Å². The van der Waals surface area contributed by atoms with Crippen LogP contribution < -0.4 is 4.74 Å². The van der Waals surface area contributed by atoms with Gasteiger partial charge in [-0.1, -0.05) is 18.2 Å². The molecule has 0 aliphatic heterocycles. The zero-order valence-electron chi connectivity index (χ0n) is 14.6. The second-order valence-electron chi connectivity index (χ2n) is 5.65. The summed E-state index contributed by atoms with van der Waals surface area (Å²) in [5, 5.41) is 5.09. The van der Waals surface area contributed by atoms with Gasteiger partial charge in [0, 0.05) is 0 Å². The van der Waals surface area contributed by atoms with Crippen molar-refractivity contribution in [3.63, 3.8) is 0 Å². The molecule has 0 radical (unpaired) electrons. The number of hydrogen-bond acceptors (Lipinski definition) is 6. The van der Waals surface area contributed by atoms with E-state index >= 15 is 0 Å². The second kappa shape index (κ2) is 7.25. The van der Waals surface area contributed by atoms with Crippen LogP contribution >= 0.6 is 0 Å². The number of rotatable bonds is 5. The first-order valence-electron chi connectivity index (χ1n) is 8.45. The minimum absolute atomic E-state index is 0.335. The Morgan fingerprint density at radius 2 is 1.81 bits per heavy atom. The molecule has 0 aliphatic rings. The third-order valence-corrected chi connectivity index (χ3v) is 3.91. The fourth-order valence-electron chi connectivity index (χ4n) is 2.65. The molecule has 0 spiro atoms. The molecule has 134 valence electrons. The Morgan fingerprint density at radius 1 is 1.04 bits per heavy atom. The number of fused-ring (bicyclic) bond motifs is 1. The average Bonchev–Trinajstić information content (AvgIpc) is 3.15. The molecule has 0 aliphatic carbocycles. The van der Waals surface area contributed by atoms with Crippen molar-refractivity contribution in [3.05, 3.63) is 72.7 Å². The minimum Gasteiger partial charge on any atom is -0.462 e. The quantitative estimate of drug-likeness (QED) is 0.504. The molecule has 27 heavy (non-hydrogen) atoms. The van der Waals surface area contributed by atoms with Crippen molar-refractivity contribution in [2.75, 3.05) is 6.61 Å². The van der Waals surface area contributed by atoms with E-state index in [4.69, 9.17) is 9.47 Å². The highest BCUT2D eigenvalue weighted by atomic mass is 16.5. The smallest absolute Gasteiger partial charge is 0.338 e. The van der Waals surface area contributed by atoms with Gasteiger partial charge in [-0.15, -0.1) is 0 Å². The van der Waals surface area contributed by atoms with Crippen molar-refractivity contribution in [2.24, 2.45) is 0 Å². The summed E-state index contributed by atoms with van der Waals surface area (Å²) in [5.41, 5.74) is 2.01. The van der Waals surface area contributed by atoms with E-state index in [1.54, 1.807) is 42.1 Å². The van der Waals surface area contributed by atoms with Crippen molar-refractivity contribution < 1.29 is 14.3 Å². The van der Waals surface area contributed by atoms with Gasteiger partial charge in [-0.2, -0.15) is 5.10 Å². The molecule has 2 aromatic heterocycles. The molecule has 7 nitrogen and oxygen atoms in total. The molecule has 0 unspecified atom stereocenters. The number of ether oxygens (including phenoxy) is 2. The van der Waals surface area contributed by atoms with E-state index in [1.165, 1.54) is 6.33 Å². The summed E-state index contributed by atoms with van der Waals surface area (Å²) in [6.45, 7) is 2.10. The SMILES string of the molecule is CCOC(=O)c1ccc(Oc2ncnc3c2cnn3-c2ccccc2)cc1. The molecule has 2 aromatic carbocycles. The number of benzene rings is 2. The van der Waals surface area contributed by atoms with Gasteiger partial charge in [0.1, 0.15) is 17.5 Å². The van der Waals surface area contributed by atoms with Gasteiger partial charge in [0.05, 0.1) is 24.1 Å². The number of esters is 1. The predicted octanol–water partition coefficient (Wildman–Crippen LogP) is 3.78. The fourth-order valence-corrected chi connectivity index (χ4v) is 2.65. The van der Waals surface area contributed by atoms with E-state index in [1.807, 2.05) is 30.3 Å². The van der Waals surface area contributed by atoms with Gasteiger partial charge in [-0.05, 0) is 43.3 Å². The van der Waals surface area contributed by atoms with Gasteiger partial charge in [0.15, 0.2) is 5.65 Å². The maximum Gasteiger partial charge on any atom is 0.338 e. The first-order chi connectivity index (χ1) is 13.3. The molecule has 0 N–H and O–H groups in total. The standard InChI is InChI=1S/C20H16N4O3/c1-2-26-20(25)14-8-10-16(11-9-14)27-19-17-12-23-24(18(17)21-13-22-19)15-6-4-3-5-7-15/h3-13H,2H2,1H3. The Labute approximate surface area is 155 Å². The number of carbonyl (C=O) groups is 1. The predicted molar refractivity (Wildman–Crippen MR) is 99.1 cm³/mol. The first-order valence-corrected chi connectivity index (χ1v) is 8.45. The van der Waals surface area contributed by atoms with Gasteiger partial charge in [-0.3, -0.25) is 0 Å². The van der Waals surface area contributed by atoms with Crippen molar-refractivity contribution in [1.82, 2.24) is 19.7 Å². The van der Waals surface area contributed by atoms with Gasteiger partial charge < -0.3 is 9.47 Å². The van der Waals surface area contributed by atoms with Gasteiger partial charge in [-0.25, -0.2) is 19.4 Å². The zero-order chi connectivity index (χ0) is 18.6. The highest BCUT2D eigenvalue weighted by molar-refractivity contribution is 5.89. The summed E-state index contributed by atoms with van der Waals surface area (Å²) in [4.78, 5) is 20.3. The summed E-state index contributed by atoms with van der Waals surface area (Å²) in [5.74, 6) is 0.583. The average molecular weight is 360 g/mol. The minimum atomic E-state index is -0.363. The highest BCUT2D eigenvalue weighted by Crippen LogP contribution is 2.27. The molecule has 2 heterocycles. The second-order valence-corrected chi connectivity index (χ2v) is 5.65. The third-order valence-electron chi connectivity index (χ3n) is 3.91. The first kappa shape index (κ1) is 16.7. The van der Waals surface area contributed by atoms with Crippen LogP contribution in [0.5, 0.6) is 11.6 Å². The van der Waals surface area contributed by atoms with Crippen molar-refractivity contribution in [3.8, 4) is 17.3 Å². The van der Waals surface area contributed by atoms with E-state index in [2.05, 4.69) is 15.1 Å². The van der Waals surface area contributed by atoms with Gasteiger partial charge in [0.2, 0.25) is 5.88 Å². The van der Waals surface area contributed by atoms with Crippen LogP contribution in [0.25, 0.3) is 16.7 Å². The largest absolute Gasteiger partial charge is 0.462 e. The third kappa shape index (κ3) is 3.35. The molecule has 0 fully saturated rings. The van der Waals surface area contributed by atoms with E-state index in [-0.39, 0.29) is 5.97 Å². The normalized spacial score (nSPS) is 10.7. The van der Waals surface area contributed by atoms with Crippen LogP contribution in [0.15, 0.2) is 67.1 Å². The molecule has 4 rings (SSSR count). The van der Waals surface area contributed by atoms with Crippen LogP contribution in [0.3, 0.4) is 0 Å². The molecule has 0 atom stereocenters. The lowest BCUT2D eigenvalue weighted by molar-refractivity contribution is 0.0526. The molecule has 0 saturated heterocycles. The lowest BCUT2D eigenvalue weighted by Gasteiger charge is -2.07. The molecule has 4 aromatic rings. The number of hydrogen-bond donors (Lipinski definition) is 0. The van der Waals surface area contributed by atoms with Crippen LogP contribution in [-0.4, -0.2) is 32.3 Å². The van der Waals surface area contributed by atoms with E-state index in [9.17, 15) is 4.79 Å². The van der Waals surface area contributed by atoms with E-state index in [0.717, 1.165) is 5.69 Å². The molecule has 0 bridgehead atoms. The number of para-hydroxylation sites is 1. The number of aromatic nitrogens is 4. The van der Waals surface area contributed by atoms with E-state index in [0.29, 0.717) is 34.8 Å². The Balaban J connectivity index is 1.63. The maximum atomic E-state index is 11.7. The molecule has 0 saturated carbocycles. The summed E-state index contributed by atoms with van der Waals surface area (Å²) >= 11 is 0. The van der Waals surface area contributed by atoms with Crippen LogP contribution in [0.4, 0.5) is 0 Å². The van der Waals surface area contributed by atoms with Crippen LogP contribution in [-0.2, 0) is 4.74 Å². The van der Waals surface area contributed by atoms with Crippen molar-refractivity contribution in [2.45, 2.75) is 6.92 Å². The summed E-state index contributed by atoms with van der Waals surface area (Å²) in [7, 11) is 0. The Hall–Kier alpha value is -3.74. The zero-order valence-corrected chi connectivity index (χ0v) is 14.6.